The Labute approximate surface area is 149 Å². The molecular formula is C20H26N4O. The number of nitrogens with zero attached hydrogens (tertiary/aromatic N) is 3. The third kappa shape index (κ3) is 4.95. The van der Waals surface area contributed by atoms with Gasteiger partial charge in [-0.15, -0.1) is 0 Å². The van der Waals surface area contributed by atoms with Crippen LogP contribution in [-0.2, 0) is 13.2 Å². The molecule has 0 spiro atoms. The summed E-state index contributed by atoms with van der Waals surface area (Å²) in [7, 11) is 0. The maximum Gasteiger partial charge on any atom is 0.218 e. The number of guanidine groups is 1. The van der Waals surface area contributed by atoms with Crippen molar-refractivity contribution in [2.45, 2.75) is 32.9 Å². The highest BCUT2D eigenvalue weighted by Crippen LogP contribution is 2.18. The summed E-state index contributed by atoms with van der Waals surface area (Å²) in [5.74, 6) is 1.91. The second kappa shape index (κ2) is 8.51. The average molecular weight is 338 g/mol. The molecule has 2 heterocycles. The molecule has 3 rings (SSSR count). The Morgan fingerprint density at radius 2 is 2.12 bits per heavy atom. The molecule has 0 radical (unpaired) electrons. The maximum atomic E-state index is 6.19. The van der Waals surface area contributed by atoms with Gasteiger partial charge in [0.05, 0.1) is 6.54 Å². The van der Waals surface area contributed by atoms with Gasteiger partial charge < -0.3 is 15.4 Å². The lowest BCUT2D eigenvalue weighted by atomic mass is 10.0. The normalized spacial score (nSPS) is 18.2. The van der Waals surface area contributed by atoms with Crippen molar-refractivity contribution in [3.8, 4) is 5.88 Å². The third-order valence-corrected chi connectivity index (χ3v) is 4.46. The fourth-order valence-electron chi connectivity index (χ4n) is 3.06. The summed E-state index contributed by atoms with van der Waals surface area (Å²) >= 11 is 0. The Kier molecular flexibility index (Phi) is 5.88. The van der Waals surface area contributed by atoms with E-state index in [1.54, 1.807) is 6.20 Å². The molecule has 132 valence electrons. The topological polar surface area (TPSA) is 63.7 Å². The van der Waals surface area contributed by atoms with Gasteiger partial charge in [-0.3, -0.25) is 0 Å². The Morgan fingerprint density at radius 3 is 2.92 bits per heavy atom. The Bertz CT molecular complexity index is 702. The predicted octanol–water partition coefficient (Wildman–Crippen LogP) is 3.21. The lowest BCUT2D eigenvalue weighted by molar-refractivity contribution is 0.270. The number of likely N-dealkylation sites (tertiary alicyclic amines) is 1. The molecule has 1 atom stereocenters. The lowest BCUT2D eigenvalue weighted by Gasteiger charge is -2.31. The first-order chi connectivity index (χ1) is 12.2. The van der Waals surface area contributed by atoms with E-state index in [1.807, 2.05) is 42.5 Å². The highest BCUT2D eigenvalue weighted by Gasteiger charge is 2.17. The molecule has 0 bridgehead atoms. The van der Waals surface area contributed by atoms with Crippen molar-refractivity contribution < 1.29 is 4.74 Å². The Balaban J connectivity index is 1.63. The summed E-state index contributed by atoms with van der Waals surface area (Å²) in [5.41, 5.74) is 8.25. The van der Waals surface area contributed by atoms with Gasteiger partial charge in [0.1, 0.15) is 6.61 Å². The van der Waals surface area contributed by atoms with Gasteiger partial charge in [0, 0.05) is 24.8 Å². The van der Waals surface area contributed by atoms with Crippen LogP contribution in [0.4, 0.5) is 0 Å². The number of rotatable bonds is 5. The number of hydrogen-bond donors (Lipinski definition) is 1. The smallest absolute Gasteiger partial charge is 0.218 e. The van der Waals surface area contributed by atoms with Crippen molar-refractivity contribution in [2.75, 3.05) is 13.1 Å². The van der Waals surface area contributed by atoms with E-state index in [2.05, 4.69) is 21.8 Å². The van der Waals surface area contributed by atoms with Gasteiger partial charge in [-0.25, -0.2) is 9.98 Å². The van der Waals surface area contributed by atoms with E-state index < -0.39 is 0 Å². The third-order valence-electron chi connectivity index (χ3n) is 4.46. The van der Waals surface area contributed by atoms with Gasteiger partial charge in [0.2, 0.25) is 5.88 Å². The highest BCUT2D eigenvalue weighted by atomic mass is 16.5. The first-order valence-electron chi connectivity index (χ1n) is 8.88. The standard InChI is InChI=1S/C20H26N4O/c1-16-7-6-12-24(14-16)20(21)23-13-18-10-5-11-22-19(18)25-15-17-8-3-2-4-9-17/h2-5,8-11,16H,6-7,12-15H2,1H3,(H2,21,23). The van der Waals surface area contributed by atoms with Crippen LogP contribution in [0.5, 0.6) is 5.88 Å². The average Bonchev–Trinajstić information content (AvgIpc) is 2.66. The van der Waals surface area contributed by atoms with Gasteiger partial charge >= 0.3 is 0 Å². The Morgan fingerprint density at radius 1 is 1.28 bits per heavy atom. The minimum Gasteiger partial charge on any atom is -0.473 e. The number of nitrogens with two attached hydrogens (primary N) is 1. The molecule has 1 aliphatic rings. The first-order valence-corrected chi connectivity index (χ1v) is 8.88. The van der Waals surface area contributed by atoms with Crippen LogP contribution in [0, 0.1) is 5.92 Å². The van der Waals surface area contributed by atoms with Crippen LogP contribution in [0.25, 0.3) is 0 Å². The minimum atomic E-state index is 0.481. The van der Waals surface area contributed by atoms with Crippen molar-refractivity contribution in [1.82, 2.24) is 9.88 Å². The van der Waals surface area contributed by atoms with E-state index in [0.717, 1.165) is 24.2 Å². The zero-order valence-electron chi connectivity index (χ0n) is 14.8. The summed E-state index contributed by atoms with van der Waals surface area (Å²) in [6, 6.07) is 14.0. The zero-order valence-corrected chi connectivity index (χ0v) is 14.8. The molecule has 1 aromatic carbocycles. The van der Waals surface area contributed by atoms with Crippen molar-refractivity contribution >= 4 is 5.96 Å². The molecule has 5 heteroatoms. The van der Waals surface area contributed by atoms with E-state index in [4.69, 9.17) is 10.5 Å². The van der Waals surface area contributed by atoms with Crippen LogP contribution in [0.15, 0.2) is 53.7 Å². The second-order valence-corrected chi connectivity index (χ2v) is 6.61. The number of aromatic nitrogens is 1. The Hall–Kier alpha value is -2.56. The summed E-state index contributed by atoms with van der Waals surface area (Å²) in [6.07, 6.45) is 4.18. The van der Waals surface area contributed by atoms with Crippen LogP contribution in [0.2, 0.25) is 0 Å². The van der Waals surface area contributed by atoms with E-state index in [-0.39, 0.29) is 0 Å². The van der Waals surface area contributed by atoms with Crippen molar-refractivity contribution in [3.63, 3.8) is 0 Å². The predicted molar refractivity (Wildman–Crippen MR) is 100 cm³/mol. The summed E-state index contributed by atoms with van der Waals surface area (Å²) < 4.78 is 5.88. The number of ether oxygens (including phenoxy) is 1. The molecule has 5 nitrogen and oxygen atoms in total. The monoisotopic (exact) mass is 338 g/mol. The SMILES string of the molecule is CC1CCCN(C(N)=NCc2cccnc2OCc2ccccc2)C1. The molecule has 1 aliphatic heterocycles. The van der Waals surface area contributed by atoms with E-state index >= 15 is 0 Å². The van der Waals surface area contributed by atoms with Crippen LogP contribution in [0.3, 0.4) is 0 Å². The van der Waals surface area contributed by atoms with Crippen LogP contribution in [-0.4, -0.2) is 28.9 Å². The summed E-state index contributed by atoms with van der Waals surface area (Å²) in [5, 5.41) is 0. The molecule has 2 N–H and O–H groups in total. The van der Waals surface area contributed by atoms with Crippen molar-refractivity contribution in [2.24, 2.45) is 16.6 Å². The number of piperidine rings is 1. The maximum absolute atomic E-state index is 6.19. The molecule has 1 fully saturated rings. The molecule has 1 aromatic heterocycles. The largest absolute Gasteiger partial charge is 0.473 e. The second-order valence-electron chi connectivity index (χ2n) is 6.61. The number of pyridine rings is 1. The number of hydrogen-bond acceptors (Lipinski definition) is 3. The molecule has 1 unspecified atom stereocenters. The molecule has 0 amide bonds. The number of benzene rings is 1. The van der Waals surface area contributed by atoms with Crippen LogP contribution >= 0.6 is 0 Å². The van der Waals surface area contributed by atoms with E-state index in [9.17, 15) is 0 Å². The van der Waals surface area contributed by atoms with Crippen LogP contribution in [0.1, 0.15) is 30.9 Å². The quantitative estimate of drug-likeness (QED) is 0.672. The molecular weight excluding hydrogens is 312 g/mol. The fraction of sp³-hybridized carbons (Fsp3) is 0.400. The summed E-state index contributed by atoms with van der Waals surface area (Å²) in [4.78, 5) is 11.1. The fourth-order valence-corrected chi connectivity index (χ4v) is 3.06. The van der Waals surface area contributed by atoms with E-state index in [1.165, 1.54) is 12.8 Å². The van der Waals surface area contributed by atoms with Gasteiger partial charge in [0.15, 0.2) is 5.96 Å². The van der Waals surface area contributed by atoms with Gasteiger partial charge in [-0.05, 0) is 30.4 Å². The molecule has 2 aromatic rings. The zero-order chi connectivity index (χ0) is 17.5. The minimum absolute atomic E-state index is 0.481. The van der Waals surface area contributed by atoms with Gasteiger partial charge in [0.25, 0.3) is 0 Å². The highest BCUT2D eigenvalue weighted by molar-refractivity contribution is 5.78. The van der Waals surface area contributed by atoms with Crippen LogP contribution < -0.4 is 10.5 Å². The molecule has 25 heavy (non-hydrogen) atoms. The first kappa shape index (κ1) is 17.3. The van der Waals surface area contributed by atoms with Gasteiger partial charge in [-0.2, -0.15) is 0 Å². The molecule has 1 saturated heterocycles. The number of aliphatic imine (C=N–C) groups is 1. The summed E-state index contributed by atoms with van der Waals surface area (Å²) in [6.45, 7) is 5.21. The van der Waals surface area contributed by atoms with Crippen molar-refractivity contribution in [1.29, 1.82) is 0 Å². The van der Waals surface area contributed by atoms with Gasteiger partial charge in [-0.1, -0.05) is 43.3 Å². The van der Waals surface area contributed by atoms with Crippen molar-refractivity contribution in [3.05, 3.63) is 59.8 Å². The van der Waals surface area contributed by atoms with E-state index in [0.29, 0.717) is 30.9 Å². The molecule has 0 aliphatic carbocycles. The molecule has 0 saturated carbocycles. The lowest BCUT2D eigenvalue weighted by Crippen LogP contribution is -2.43.